The summed E-state index contributed by atoms with van der Waals surface area (Å²) >= 11 is 0. The normalized spacial score (nSPS) is 14.9. The highest BCUT2D eigenvalue weighted by Gasteiger charge is 2.31. The van der Waals surface area contributed by atoms with E-state index in [-0.39, 0.29) is 30.9 Å². The van der Waals surface area contributed by atoms with E-state index in [0.717, 1.165) is 18.5 Å². The van der Waals surface area contributed by atoms with E-state index >= 15 is 0 Å². The van der Waals surface area contributed by atoms with Gasteiger partial charge in [-0.1, -0.05) is 18.2 Å². The van der Waals surface area contributed by atoms with Crippen LogP contribution in [-0.2, 0) is 11.3 Å². The first-order valence-corrected chi connectivity index (χ1v) is 9.14. The standard InChI is InChI=1S/C20H18N4O4/c25-18(21-14-8-9-16-17(10-14)28-12-27-16)11-23-20(26)24(15-4-2-1-3-5-15)19(22-23)13-6-7-13/h1-5,8-10,13H,6-7,11-12H2,(H,21,25). The van der Waals surface area contributed by atoms with Crippen LogP contribution in [0.2, 0.25) is 0 Å². The summed E-state index contributed by atoms with van der Waals surface area (Å²) in [6, 6.07) is 14.5. The summed E-state index contributed by atoms with van der Waals surface area (Å²) in [4.78, 5) is 25.4. The summed E-state index contributed by atoms with van der Waals surface area (Å²) in [6.07, 6.45) is 2.01. The van der Waals surface area contributed by atoms with Gasteiger partial charge in [0.15, 0.2) is 11.5 Å². The minimum Gasteiger partial charge on any atom is -0.454 e. The number of anilines is 1. The number of carbonyl (C=O) groups excluding carboxylic acids is 1. The first-order chi connectivity index (χ1) is 13.7. The Morgan fingerprint density at radius 1 is 1.11 bits per heavy atom. The van der Waals surface area contributed by atoms with E-state index in [0.29, 0.717) is 23.0 Å². The van der Waals surface area contributed by atoms with Crippen LogP contribution in [0.5, 0.6) is 11.5 Å². The second-order valence-electron chi connectivity index (χ2n) is 6.86. The Bertz CT molecular complexity index is 1100. The monoisotopic (exact) mass is 378 g/mol. The van der Waals surface area contributed by atoms with Gasteiger partial charge in [-0.25, -0.2) is 14.0 Å². The molecule has 1 aliphatic heterocycles. The molecule has 28 heavy (non-hydrogen) atoms. The molecule has 2 heterocycles. The third-order valence-corrected chi connectivity index (χ3v) is 4.77. The van der Waals surface area contributed by atoms with Crippen molar-refractivity contribution in [2.45, 2.75) is 25.3 Å². The summed E-state index contributed by atoms with van der Waals surface area (Å²) in [5.41, 5.74) is 1.03. The summed E-state index contributed by atoms with van der Waals surface area (Å²) < 4.78 is 13.4. The molecule has 8 heteroatoms. The number of amides is 1. The Morgan fingerprint density at radius 2 is 1.89 bits per heavy atom. The van der Waals surface area contributed by atoms with E-state index in [2.05, 4.69) is 10.4 Å². The molecule has 142 valence electrons. The third kappa shape index (κ3) is 3.02. The van der Waals surface area contributed by atoms with Gasteiger partial charge in [0.1, 0.15) is 12.4 Å². The molecule has 3 aromatic rings. The fourth-order valence-corrected chi connectivity index (χ4v) is 3.26. The Morgan fingerprint density at radius 3 is 2.68 bits per heavy atom. The number of ether oxygens (including phenoxy) is 2. The van der Waals surface area contributed by atoms with Gasteiger partial charge < -0.3 is 14.8 Å². The predicted octanol–water partition coefficient (Wildman–Crippen LogP) is 2.28. The van der Waals surface area contributed by atoms with Crippen LogP contribution in [0, 0.1) is 0 Å². The van der Waals surface area contributed by atoms with Crippen LogP contribution >= 0.6 is 0 Å². The van der Waals surface area contributed by atoms with Gasteiger partial charge >= 0.3 is 5.69 Å². The number of rotatable bonds is 5. The maximum absolute atomic E-state index is 12.9. The number of carbonyl (C=O) groups is 1. The van der Waals surface area contributed by atoms with Gasteiger partial charge in [0, 0.05) is 17.7 Å². The molecule has 1 amide bonds. The number of nitrogens with one attached hydrogen (secondary N) is 1. The Balaban J connectivity index is 1.39. The van der Waals surface area contributed by atoms with Gasteiger partial charge in [0.05, 0.1) is 5.69 Å². The Kier molecular flexibility index (Phi) is 3.89. The molecule has 1 aromatic heterocycles. The van der Waals surface area contributed by atoms with Crippen molar-refractivity contribution in [3.8, 4) is 17.2 Å². The van der Waals surface area contributed by atoms with Crippen LogP contribution in [0.25, 0.3) is 5.69 Å². The average molecular weight is 378 g/mol. The lowest BCUT2D eigenvalue weighted by Gasteiger charge is -2.06. The van der Waals surface area contributed by atoms with Gasteiger partial charge in [0.25, 0.3) is 0 Å². The summed E-state index contributed by atoms with van der Waals surface area (Å²) in [6.45, 7) is 0.00974. The molecule has 2 aromatic carbocycles. The first-order valence-electron chi connectivity index (χ1n) is 9.14. The topological polar surface area (TPSA) is 87.4 Å². The maximum Gasteiger partial charge on any atom is 0.351 e. The van der Waals surface area contributed by atoms with E-state index in [1.54, 1.807) is 22.8 Å². The Hall–Kier alpha value is -3.55. The molecule has 2 aliphatic rings. The van der Waals surface area contributed by atoms with E-state index in [1.165, 1.54) is 4.68 Å². The molecule has 0 bridgehead atoms. The van der Waals surface area contributed by atoms with Crippen molar-refractivity contribution in [1.82, 2.24) is 14.3 Å². The lowest BCUT2D eigenvalue weighted by atomic mass is 10.3. The van der Waals surface area contributed by atoms with Crippen LogP contribution in [-0.4, -0.2) is 27.0 Å². The van der Waals surface area contributed by atoms with Gasteiger partial charge in [0.2, 0.25) is 12.7 Å². The summed E-state index contributed by atoms with van der Waals surface area (Å²) in [7, 11) is 0. The highest BCUT2D eigenvalue weighted by molar-refractivity contribution is 5.90. The molecule has 0 saturated heterocycles. The van der Waals surface area contributed by atoms with Crippen LogP contribution in [0.15, 0.2) is 53.3 Å². The predicted molar refractivity (Wildman–Crippen MR) is 101 cm³/mol. The zero-order valence-corrected chi connectivity index (χ0v) is 15.0. The molecule has 0 unspecified atom stereocenters. The fourth-order valence-electron chi connectivity index (χ4n) is 3.26. The third-order valence-electron chi connectivity index (χ3n) is 4.77. The zero-order chi connectivity index (χ0) is 19.1. The van der Waals surface area contributed by atoms with E-state index in [1.807, 2.05) is 30.3 Å². The second-order valence-corrected chi connectivity index (χ2v) is 6.86. The fraction of sp³-hybridized carbons (Fsp3) is 0.250. The molecule has 0 radical (unpaired) electrons. The van der Waals surface area contributed by atoms with Gasteiger partial charge in [-0.3, -0.25) is 4.79 Å². The van der Waals surface area contributed by atoms with Gasteiger partial charge in [-0.05, 0) is 37.1 Å². The summed E-state index contributed by atoms with van der Waals surface area (Å²) in [5, 5.41) is 7.23. The molecular formula is C20H18N4O4. The lowest BCUT2D eigenvalue weighted by molar-refractivity contribution is -0.117. The van der Waals surface area contributed by atoms with Crippen molar-refractivity contribution in [1.29, 1.82) is 0 Å². The van der Waals surface area contributed by atoms with Crippen LogP contribution in [0.1, 0.15) is 24.6 Å². The molecule has 0 atom stereocenters. The molecule has 1 saturated carbocycles. The highest BCUT2D eigenvalue weighted by Crippen LogP contribution is 2.39. The number of aromatic nitrogens is 3. The average Bonchev–Trinajstić information content (AvgIpc) is 3.36. The molecule has 1 aliphatic carbocycles. The number of hydrogen-bond acceptors (Lipinski definition) is 5. The minimum absolute atomic E-state index is 0.160. The van der Waals surface area contributed by atoms with Crippen LogP contribution < -0.4 is 20.5 Å². The molecule has 5 rings (SSSR count). The number of para-hydroxylation sites is 1. The maximum atomic E-state index is 12.9. The summed E-state index contributed by atoms with van der Waals surface area (Å²) in [5.74, 6) is 1.88. The van der Waals surface area contributed by atoms with Crippen molar-refractivity contribution in [3.05, 3.63) is 64.8 Å². The number of hydrogen-bond donors (Lipinski definition) is 1. The number of nitrogens with zero attached hydrogens (tertiary/aromatic N) is 3. The smallest absolute Gasteiger partial charge is 0.351 e. The highest BCUT2D eigenvalue weighted by atomic mass is 16.7. The van der Waals surface area contributed by atoms with Crippen molar-refractivity contribution < 1.29 is 14.3 Å². The molecule has 1 N–H and O–H groups in total. The zero-order valence-electron chi connectivity index (χ0n) is 15.0. The van der Waals surface area contributed by atoms with E-state index < -0.39 is 0 Å². The molecule has 0 spiro atoms. The number of fused-ring (bicyclic) bond motifs is 1. The van der Waals surface area contributed by atoms with Crippen LogP contribution in [0.4, 0.5) is 5.69 Å². The molecular weight excluding hydrogens is 360 g/mol. The lowest BCUT2D eigenvalue weighted by Crippen LogP contribution is -2.29. The number of benzene rings is 2. The molecule has 8 nitrogen and oxygen atoms in total. The van der Waals surface area contributed by atoms with Gasteiger partial charge in [-0.2, -0.15) is 5.10 Å². The van der Waals surface area contributed by atoms with Crippen molar-refractivity contribution in [2.24, 2.45) is 0 Å². The quantitative estimate of drug-likeness (QED) is 0.736. The SMILES string of the molecule is O=C(Cn1nc(C2CC2)n(-c2ccccc2)c1=O)Nc1ccc2c(c1)OCO2. The first kappa shape index (κ1) is 16.6. The van der Waals surface area contributed by atoms with Crippen molar-refractivity contribution >= 4 is 11.6 Å². The van der Waals surface area contributed by atoms with Crippen LogP contribution in [0.3, 0.4) is 0 Å². The van der Waals surface area contributed by atoms with E-state index in [9.17, 15) is 9.59 Å². The minimum atomic E-state index is -0.332. The van der Waals surface area contributed by atoms with Crippen molar-refractivity contribution in [3.63, 3.8) is 0 Å². The molecule has 1 fully saturated rings. The second kappa shape index (κ2) is 6.56. The van der Waals surface area contributed by atoms with Gasteiger partial charge in [-0.15, -0.1) is 0 Å². The van der Waals surface area contributed by atoms with Crippen molar-refractivity contribution in [2.75, 3.05) is 12.1 Å². The van der Waals surface area contributed by atoms with E-state index in [4.69, 9.17) is 9.47 Å². The Labute approximate surface area is 160 Å². The largest absolute Gasteiger partial charge is 0.454 e.